The van der Waals surface area contributed by atoms with Crippen LogP contribution in [0.2, 0.25) is 0 Å². The zero-order valence-electron chi connectivity index (χ0n) is 10.8. The third-order valence-corrected chi connectivity index (χ3v) is 2.38. The Labute approximate surface area is 127 Å². The first-order valence-corrected chi connectivity index (χ1v) is 4.79. The second kappa shape index (κ2) is 7.51. The molecule has 1 aromatic carbocycles. The molecule has 0 bridgehead atoms. The van der Waals surface area contributed by atoms with Gasteiger partial charge in [-0.05, 0) is 0 Å². The molecule has 1 rings (SSSR count). The summed E-state index contributed by atoms with van der Waals surface area (Å²) in [7, 11) is 2.52. The van der Waals surface area contributed by atoms with Gasteiger partial charge in [0.25, 0.3) is 11.8 Å². The lowest BCUT2D eigenvalue weighted by atomic mass is 10.0. The molecular weight excluding hydrogens is 311 g/mol. The molecule has 2 amide bonds. The monoisotopic (exact) mass is 326 g/mol. The minimum absolute atomic E-state index is 0. The van der Waals surface area contributed by atoms with E-state index in [9.17, 15) is 9.59 Å². The van der Waals surface area contributed by atoms with Crippen molar-refractivity contribution in [3.05, 3.63) is 11.1 Å². The Morgan fingerprint density at radius 2 is 1.05 bits per heavy atom. The van der Waals surface area contributed by atoms with E-state index < -0.39 is 11.8 Å². The van der Waals surface area contributed by atoms with Crippen molar-refractivity contribution in [3.8, 4) is 11.5 Å². The highest BCUT2D eigenvalue weighted by Crippen LogP contribution is 2.42. The van der Waals surface area contributed by atoms with Crippen LogP contribution < -0.4 is 32.4 Å². The predicted octanol–water partition coefficient (Wildman–Crippen LogP) is -0.0904. The van der Waals surface area contributed by atoms with Crippen molar-refractivity contribution >= 4 is 48.0 Å². The number of carbonyl (C=O) groups is 2. The number of carbonyl (C=O) groups excluding carboxylic acids is 2. The maximum atomic E-state index is 11.3. The summed E-state index contributed by atoms with van der Waals surface area (Å²) in [6.45, 7) is 0. The SMILES string of the molecule is COc1c(N)c(C(N)=O)c(OC)c(N)c1C(N)=O.Cl.Cl. The molecule has 0 fully saturated rings. The summed E-state index contributed by atoms with van der Waals surface area (Å²) >= 11 is 0. The van der Waals surface area contributed by atoms with E-state index in [-0.39, 0.29) is 58.8 Å². The maximum absolute atomic E-state index is 11.3. The Morgan fingerprint density at radius 3 is 1.20 bits per heavy atom. The van der Waals surface area contributed by atoms with Crippen LogP contribution in [0.1, 0.15) is 20.7 Å². The van der Waals surface area contributed by atoms with Gasteiger partial charge in [0, 0.05) is 0 Å². The quantitative estimate of drug-likeness (QED) is 0.566. The molecule has 8 nitrogen and oxygen atoms in total. The van der Waals surface area contributed by atoms with Gasteiger partial charge in [0.05, 0.1) is 25.6 Å². The highest BCUT2D eigenvalue weighted by Gasteiger charge is 2.27. The van der Waals surface area contributed by atoms with E-state index in [0.29, 0.717) is 0 Å². The zero-order chi connectivity index (χ0) is 14.0. The van der Waals surface area contributed by atoms with Crippen LogP contribution in [0.5, 0.6) is 11.5 Å². The summed E-state index contributed by atoms with van der Waals surface area (Å²) in [6.07, 6.45) is 0. The number of halogens is 2. The number of hydrogen-bond donors (Lipinski definition) is 4. The lowest BCUT2D eigenvalue weighted by Crippen LogP contribution is -2.21. The fourth-order valence-corrected chi connectivity index (χ4v) is 1.65. The number of hydrogen-bond acceptors (Lipinski definition) is 6. The molecule has 8 N–H and O–H groups in total. The van der Waals surface area contributed by atoms with E-state index in [1.54, 1.807) is 0 Å². The van der Waals surface area contributed by atoms with E-state index in [1.165, 1.54) is 14.2 Å². The minimum atomic E-state index is -0.856. The normalized spacial score (nSPS) is 8.90. The summed E-state index contributed by atoms with van der Waals surface area (Å²) in [6, 6.07) is 0. The average molecular weight is 327 g/mol. The minimum Gasteiger partial charge on any atom is -0.494 e. The molecule has 0 aliphatic carbocycles. The zero-order valence-corrected chi connectivity index (χ0v) is 12.4. The molecule has 0 aliphatic rings. The van der Waals surface area contributed by atoms with E-state index in [4.69, 9.17) is 32.4 Å². The van der Waals surface area contributed by atoms with Gasteiger partial charge < -0.3 is 32.4 Å². The molecule has 0 radical (unpaired) electrons. The van der Waals surface area contributed by atoms with Crippen molar-refractivity contribution in [2.24, 2.45) is 11.5 Å². The number of amides is 2. The van der Waals surface area contributed by atoms with Crippen LogP contribution in [0.25, 0.3) is 0 Å². The molecule has 1 aromatic rings. The highest BCUT2D eigenvalue weighted by molar-refractivity contribution is 6.11. The van der Waals surface area contributed by atoms with Gasteiger partial charge in [-0.3, -0.25) is 9.59 Å². The van der Waals surface area contributed by atoms with Gasteiger partial charge in [0.2, 0.25) is 0 Å². The van der Waals surface area contributed by atoms with Crippen molar-refractivity contribution in [3.63, 3.8) is 0 Å². The number of primary amides is 2. The fraction of sp³-hybridized carbons (Fsp3) is 0.200. The Morgan fingerprint density at radius 1 is 0.800 bits per heavy atom. The molecule has 0 atom stereocenters. The van der Waals surface area contributed by atoms with Crippen molar-refractivity contribution in [1.82, 2.24) is 0 Å². The lowest BCUT2D eigenvalue weighted by Gasteiger charge is -2.18. The van der Waals surface area contributed by atoms with Gasteiger partial charge in [0.1, 0.15) is 11.1 Å². The smallest absolute Gasteiger partial charge is 0.254 e. The number of ether oxygens (including phenoxy) is 2. The Hall–Kier alpha value is -2.06. The van der Waals surface area contributed by atoms with Crippen molar-refractivity contribution in [1.29, 1.82) is 0 Å². The largest absolute Gasteiger partial charge is 0.494 e. The van der Waals surface area contributed by atoms with Gasteiger partial charge in [-0.2, -0.15) is 0 Å². The van der Waals surface area contributed by atoms with Crippen LogP contribution in [-0.4, -0.2) is 26.0 Å². The van der Waals surface area contributed by atoms with Crippen LogP contribution in [0.4, 0.5) is 11.4 Å². The van der Waals surface area contributed by atoms with Crippen LogP contribution in [-0.2, 0) is 0 Å². The van der Waals surface area contributed by atoms with Gasteiger partial charge in [-0.1, -0.05) is 0 Å². The van der Waals surface area contributed by atoms with Gasteiger partial charge in [-0.25, -0.2) is 0 Å². The number of rotatable bonds is 4. The van der Waals surface area contributed by atoms with E-state index in [2.05, 4.69) is 0 Å². The maximum Gasteiger partial charge on any atom is 0.254 e. The average Bonchev–Trinajstić information content (AvgIpc) is 2.29. The summed E-state index contributed by atoms with van der Waals surface area (Å²) in [5, 5.41) is 0. The third kappa shape index (κ3) is 3.09. The molecule has 0 saturated heterocycles. The second-order valence-corrected chi connectivity index (χ2v) is 3.37. The number of anilines is 2. The molecule has 10 heteroatoms. The Kier molecular flexibility index (Phi) is 7.61. The highest BCUT2D eigenvalue weighted by atomic mass is 35.5. The molecule has 114 valence electrons. The van der Waals surface area contributed by atoms with Crippen LogP contribution >= 0.6 is 24.8 Å². The Balaban J connectivity index is 0. The first-order valence-electron chi connectivity index (χ1n) is 4.79. The lowest BCUT2D eigenvalue weighted by molar-refractivity contribution is 0.0984. The molecule has 20 heavy (non-hydrogen) atoms. The number of nitrogen functional groups attached to an aromatic ring is 2. The number of methoxy groups -OCH3 is 2. The molecule has 0 saturated carbocycles. The van der Waals surface area contributed by atoms with Crippen LogP contribution in [0, 0.1) is 0 Å². The molecular formula is C10H16Cl2N4O4. The molecule has 0 unspecified atom stereocenters. The predicted molar refractivity (Wildman–Crippen MR) is 79.9 cm³/mol. The van der Waals surface area contributed by atoms with E-state index >= 15 is 0 Å². The fourth-order valence-electron chi connectivity index (χ4n) is 1.65. The topological polar surface area (TPSA) is 157 Å². The third-order valence-electron chi connectivity index (χ3n) is 2.38. The number of benzene rings is 1. The van der Waals surface area contributed by atoms with Crippen molar-refractivity contribution in [2.45, 2.75) is 0 Å². The van der Waals surface area contributed by atoms with E-state index in [1.807, 2.05) is 0 Å². The first-order chi connectivity index (χ1) is 8.36. The van der Waals surface area contributed by atoms with Crippen molar-refractivity contribution < 1.29 is 19.1 Å². The number of nitrogens with two attached hydrogens (primary N) is 4. The molecule has 0 spiro atoms. The second-order valence-electron chi connectivity index (χ2n) is 3.37. The first kappa shape index (κ1) is 20.3. The van der Waals surface area contributed by atoms with Gasteiger partial charge in [-0.15, -0.1) is 24.8 Å². The van der Waals surface area contributed by atoms with Gasteiger partial charge in [0.15, 0.2) is 11.5 Å². The molecule has 0 aromatic heterocycles. The molecule has 0 aliphatic heterocycles. The van der Waals surface area contributed by atoms with E-state index in [0.717, 1.165) is 0 Å². The van der Waals surface area contributed by atoms with Crippen molar-refractivity contribution in [2.75, 3.05) is 25.7 Å². The van der Waals surface area contributed by atoms with Crippen LogP contribution in [0.15, 0.2) is 0 Å². The summed E-state index contributed by atoms with van der Waals surface area (Å²) in [5.41, 5.74) is 21.2. The Bertz CT molecular complexity index is 489. The summed E-state index contributed by atoms with van der Waals surface area (Å²) in [5.74, 6) is -1.92. The van der Waals surface area contributed by atoms with Crippen LogP contribution in [0.3, 0.4) is 0 Å². The summed E-state index contributed by atoms with van der Waals surface area (Å²) in [4.78, 5) is 22.7. The summed E-state index contributed by atoms with van der Waals surface area (Å²) < 4.78 is 9.88. The van der Waals surface area contributed by atoms with Gasteiger partial charge >= 0.3 is 0 Å². The molecule has 0 heterocycles. The standard InChI is InChI=1S/C10H14N4O4.2ClH/c1-17-7-3(9(13)15)6(12)8(18-2)4(5(7)11)10(14)16;;/h11-12H2,1-2H3,(H2,13,15)(H2,14,16);2*1H.